The highest BCUT2D eigenvalue weighted by molar-refractivity contribution is 7.92. The molecule has 2 aromatic carbocycles. The molecule has 0 fully saturated rings. The predicted octanol–water partition coefficient (Wildman–Crippen LogP) is 3.25. The molecule has 0 aliphatic carbocycles. The summed E-state index contributed by atoms with van der Waals surface area (Å²) in [5.74, 6) is -0.0170. The molecule has 0 aromatic heterocycles. The number of hydrogen-bond donors (Lipinski definition) is 2. The molecule has 1 aliphatic heterocycles. The molecule has 0 saturated heterocycles. The highest BCUT2D eigenvalue weighted by Gasteiger charge is 2.28. The zero-order valence-corrected chi connectivity index (χ0v) is 16.0. The Kier molecular flexibility index (Phi) is 5.18. The molecule has 27 heavy (non-hydrogen) atoms. The molecule has 0 bridgehead atoms. The van der Waals surface area contributed by atoms with Gasteiger partial charge >= 0.3 is 6.03 Å². The summed E-state index contributed by atoms with van der Waals surface area (Å²) in [7, 11) is -3.34. The first-order valence-corrected chi connectivity index (χ1v) is 10.2. The third-order valence-corrected chi connectivity index (χ3v) is 6.23. The molecular weight excluding hydrogens is 366 g/mol. The van der Waals surface area contributed by atoms with Crippen molar-refractivity contribution < 1.29 is 18.0 Å². The van der Waals surface area contributed by atoms with Gasteiger partial charge in [-0.15, -0.1) is 0 Å². The fraction of sp³-hybridized carbons (Fsp3) is 0.263. The molecular formula is C19H21N3O4S. The maximum atomic E-state index is 12.2. The van der Waals surface area contributed by atoms with Crippen LogP contribution in [-0.2, 0) is 16.4 Å². The van der Waals surface area contributed by atoms with Crippen molar-refractivity contribution >= 4 is 38.9 Å². The molecule has 0 saturated carbocycles. The maximum absolute atomic E-state index is 12.2. The van der Waals surface area contributed by atoms with E-state index in [2.05, 4.69) is 10.6 Å². The summed E-state index contributed by atoms with van der Waals surface area (Å²) >= 11 is 0. The smallest absolute Gasteiger partial charge is 0.308 e. The van der Waals surface area contributed by atoms with Crippen LogP contribution in [0.1, 0.15) is 29.8 Å². The molecule has 7 nitrogen and oxygen atoms in total. The summed E-state index contributed by atoms with van der Waals surface area (Å²) in [6.45, 7) is 3.51. The van der Waals surface area contributed by atoms with Gasteiger partial charge in [-0.1, -0.05) is 6.07 Å². The highest BCUT2D eigenvalue weighted by atomic mass is 32.2. The number of urea groups is 1. The van der Waals surface area contributed by atoms with Gasteiger partial charge in [0.1, 0.15) is 0 Å². The molecule has 0 unspecified atom stereocenters. The summed E-state index contributed by atoms with van der Waals surface area (Å²) in [5.41, 5.74) is 3.17. The number of carbonyl (C=O) groups is 2. The van der Waals surface area contributed by atoms with Gasteiger partial charge in [-0.3, -0.25) is 9.10 Å². The fourth-order valence-corrected chi connectivity index (χ4v) is 4.10. The molecule has 2 aromatic rings. The van der Waals surface area contributed by atoms with E-state index >= 15 is 0 Å². The molecule has 0 radical (unpaired) electrons. The summed E-state index contributed by atoms with van der Waals surface area (Å²) in [6.07, 6.45) is 0.656. The lowest BCUT2D eigenvalue weighted by molar-refractivity contribution is 0.101. The number of fused-ring (bicyclic) bond motifs is 1. The van der Waals surface area contributed by atoms with Crippen molar-refractivity contribution in [3.8, 4) is 0 Å². The minimum Gasteiger partial charge on any atom is -0.308 e. The van der Waals surface area contributed by atoms with Crippen molar-refractivity contribution in [2.24, 2.45) is 0 Å². The third kappa shape index (κ3) is 4.11. The van der Waals surface area contributed by atoms with Gasteiger partial charge in [0.2, 0.25) is 10.0 Å². The Hall–Kier alpha value is -2.87. The van der Waals surface area contributed by atoms with Crippen molar-refractivity contribution in [2.75, 3.05) is 27.2 Å². The first-order chi connectivity index (χ1) is 12.8. The van der Waals surface area contributed by atoms with Crippen molar-refractivity contribution in [1.29, 1.82) is 0 Å². The lowest BCUT2D eigenvalue weighted by Crippen LogP contribution is -2.30. The number of anilines is 3. The van der Waals surface area contributed by atoms with Gasteiger partial charge in [0, 0.05) is 23.5 Å². The van der Waals surface area contributed by atoms with E-state index in [-0.39, 0.29) is 11.5 Å². The number of sulfonamides is 1. The molecule has 0 atom stereocenters. The van der Waals surface area contributed by atoms with Gasteiger partial charge in [-0.05, 0) is 62.2 Å². The number of carbonyl (C=O) groups excluding carboxylic acids is 2. The predicted molar refractivity (Wildman–Crippen MR) is 106 cm³/mol. The first-order valence-electron chi connectivity index (χ1n) is 8.62. The normalized spacial score (nSPS) is 13.2. The van der Waals surface area contributed by atoms with Crippen molar-refractivity contribution in [2.45, 2.75) is 20.3 Å². The number of hydrogen-bond acceptors (Lipinski definition) is 4. The molecule has 1 heterocycles. The van der Waals surface area contributed by atoms with Crippen LogP contribution in [0.15, 0.2) is 42.5 Å². The van der Waals surface area contributed by atoms with E-state index in [9.17, 15) is 18.0 Å². The number of nitrogens with zero attached hydrogens (tertiary/aromatic N) is 1. The molecule has 3 rings (SSSR count). The number of Topliss-reactive ketones (excluding diaryl/α,β-unsaturated/α-hetero) is 1. The largest absolute Gasteiger partial charge is 0.323 e. The van der Waals surface area contributed by atoms with Gasteiger partial charge < -0.3 is 10.6 Å². The van der Waals surface area contributed by atoms with Crippen molar-refractivity contribution in [1.82, 2.24) is 0 Å². The Morgan fingerprint density at radius 3 is 2.30 bits per heavy atom. The second-order valence-electron chi connectivity index (χ2n) is 6.28. The van der Waals surface area contributed by atoms with Gasteiger partial charge in [0.15, 0.2) is 5.78 Å². The van der Waals surface area contributed by atoms with Crippen LogP contribution in [0.2, 0.25) is 0 Å². The zero-order valence-electron chi connectivity index (χ0n) is 15.2. The van der Waals surface area contributed by atoms with E-state index in [0.717, 1.165) is 5.56 Å². The molecule has 8 heteroatoms. The van der Waals surface area contributed by atoms with Crippen molar-refractivity contribution in [3.05, 3.63) is 53.6 Å². The maximum Gasteiger partial charge on any atom is 0.323 e. The van der Waals surface area contributed by atoms with Crippen LogP contribution >= 0.6 is 0 Å². The quantitative estimate of drug-likeness (QED) is 0.770. The van der Waals surface area contributed by atoms with Crippen LogP contribution in [0, 0.1) is 0 Å². The second kappa shape index (κ2) is 7.40. The topological polar surface area (TPSA) is 95.6 Å². The van der Waals surface area contributed by atoms with Crippen LogP contribution in [-0.4, -0.2) is 32.5 Å². The Labute approximate surface area is 158 Å². The Morgan fingerprint density at radius 2 is 1.67 bits per heavy atom. The summed E-state index contributed by atoms with van der Waals surface area (Å²) in [4.78, 5) is 23.5. The van der Waals surface area contributed by atoms with Crippen LogP contribution in [0.4, 0.5) is 21.9 Å². The molecule has 142 valence electrons. The standard InChI is InChI=1S/C19H21N3O4S/c1-3-27(25,26)22-11-10-15-6-9-17(12-18(15)22)21-19(24)20-16-7-4-14(5-8-16)13(2)23/h4-9,12H,3,10-11H2,1-2H3,(H2,20,21,24). The van der Waals surface area contributed by atoms with E-state index in [4.69, 9.17) is 0 Å². The minimum atomic E-state index is -3.34. The van der Waals surface area contributed by atoms with Gasteiger partial charge in [-0.25, -0.2) is 13.2 Å². The van der Waals surface area contributed by atoms with Crippen LogP contribution in [0.5, 0.6) is 0 Å². The SMILES string of the molecule is CCS(=O)(=O)N1CCc2ccc(NC(=O)Nc3ccc(C(C)=O)cc3)cc21. The Balaban J connectivity index is 1.72. The van der Waals surface area contributed by atoms with Gasteiger partial charge in [0.25, 0.3) is 0 Å². The Morgan fingerprint density at radius 1 is 1.04 bits per heavy atom. The molecule has 1 aliphatic rings. The number of rotatable bonds is 5. The van der Waals surface area contributed by atoms with E-state index < -0.39 is 16.1 Å². The monoisotopic (exact) mass is 387 g/mol. The van der Waals surface area contributed by atoms with Crippen molar-refractivity contribution in [3.63, 3.8) is 0 Å². The van der Waals surface area contributed by atoms with Gasteiger partial charge in [-0.2, -0.15) is 0 Å². The van der Waals surface area contributed by atoms with E-state index in [1.54, 1.807) is 43.3 Å². The molecule has 2 N–H and O–H groups in total. The van der Waals surface area contributed by atoms with E-state index in [1.165, 1.54) is 11.2 Å². The molecule has 2 amide bonds. The average molecular weight is 387 g/mol. The minimum absolute atomic E-state index is 0.0286. The Bertz CT molecular complexity index is 985. The van der Waals surface area contributed by atoms with E-state index in [0.29, 0.717) is 35.6 Å². The number of amides is 2. The lowest BCUT2D eigenvalue weighted by atomic mass is 10.1. The fourth-order valence-electron chi connectivity index (χ4n) is 2.95. The van der Waals surface area contributed by atoms with E-state index in [1.807, 2.05) is 6.07 Å². The van der Waals surface area contributed by atoms with Crippen LogP contribution < -0.4 is 14.9 Å². The molecule has 0 spiro atoms. The van der Waals surface area contributed by atoms with Gasteiger partial charge in [0.05, 0.1) is 11.4 Å². The lowest BCUT2D eigenvalue weighted by Gasteiger charge is -2.19. The highest BCUT2D eigenvalue weighted by Crippen LogP contribution is 2.33. The average Bonchev–Trinajstić information content (AvgIpc) is 3.06. The van der Waals surface area contributed by atoms with Crippen LogP contribution in [0.25, 0.3) is 0 Å². The number of ketones is 1. The number of benzene rings is 2. The first kappa shape index (κ1) is 18.9. The van der Waals surface area contributed by atoms with Crippen LogP contribution in [0.3, 0.4) is 0 Å². The summed E-state index contributed by atoms with van der Waals surface area (Å²) in [5, 5.41) is 5.39. The zero-order chi connectivity index (χ0) is 19.6. The summed E-state index contributed by atoms with van der Waals surface area (Å²) < 4.78 is 25.8. The number of nitrogens with one attached hydrogen (secondary N) is 2. The second-order valence-corrected chi connectivity index (χ2v) is 8.46. The summed E-state index contributed by atoms with van der Waals surface area (Å²) in [6, 6.07) is 11.4. The third-order valence-electron chi connectivity index (χ3n) is 4.45.